The van der Waals surface area contributed by atoms with Crippen LogP contribution >= 0.6 is 22.7 Å². The lowest BCUT2D eigenvalue weighted by atomic mass is 9.88. The zero-order chi connectivity index (χ0) is 29.9. The number of fused-ring (bicyclic) bond motifs is 5. The number of hydrogen-bond acceptors (Lipinski definition) is 3. The number of para-hydroxylation sites is 2. The van der Waals surface area contributed by atoms with Gasteiger partial charge in [-0.15, -0.1) is 22.7 Å². The predicted octanol–water partition coefficient (Wildman–Crippen LogP) is 12.2. The molecule has 216 valence electrons. The average molecular weight is 607 g/mol. The quantitative estimate of drug-likeness (QED) is 0.184. The molecular weight excluding hydrogens is 573 g/mol. The third-order valence-corrected chi connectivity index (χ3v) is 11.1. The Hall–Kier alpha value is -4.25. The molecule has 3 heterocycles. The van der Waals surface area contributed by atoms with Crippen LogP contribution in [0.3, 0.4) is 0 Å². The van der Waals surface area contributed by atoms with Crippen molar-refractivity contribution in [3.8, 4) is 22.5 Å². The SMILES string of the molecule is CC(C)c1cccc(C(C)C)c1Cn1c(-c2csc3ccc(-c4ccc5sc6ccccc6c5c4)cc23)nc2ccccc21. The Kier molecular flexibility index (Phi) is 6.66. The van der Waals surface area contributed by atoms with Gasteiger partial charge in [-0.1, -0.05) is 88.4 Å². The van der Waals surface area contributed by atoms with Crippen molar-refractivity contribution in [2.75, 3.05) is 0 Å². The lowest BCUT2D eigenvalue weighted by Crippen LogP contribution is -2.10. The van der Waals surface area contributed by atoms with E-state index in [1.807, 2.05) is 22.7 Å². The van der Waals surface area contributed by atoms with Crippen LogP contribution < -0.4 is 0 Å². The molecular formula is C40H34N2S2. The van der Waals surface area contributed by atoms with Gasteiger partial charge < -0.3 is 4.57 Å². The molecule has 0 bridgehead atoms. The maximum atomic E-state index is 5.29. The van der Waals surface area contributed by atoms with Crippen molar-refractivity contribution >= 4 is 64.0 Å². The van der Waals surface area contributed by atoms with E-state index in [-0.39, 0.29) is 0 Å². The van der Waals surface area contributed by atoms with Gasteiger partial charge in [0.05, 0.1) is 17.6 Å². The van der Waals surface area contributed by atoms with Crippen molar-refractivity contribution in [2.45, 2.75) is 46.1 Å². The van der Waals surface area contributed by atoms with E-state index in [9.17, 15) is 0 Å². The van der Waals surface area contributed by atoms with Gasteiger partial charge in [-0.2, -0.15) is 0 Å². The zero-order valence-corrected chi connectivity index (χ0v) is 27.1. The topological polar surface area (TPSA) is 17.8 Å². The summed E-state index contributed by atoms with van der Waals surface area (Å²) in [4.78, 5) is 5.29. The Bertz CT molecular complexity index is 2300. The molecule has 2 nitrogen and oxygen atoms in total. The summed E-state index contributed by atoms with van der Waals surface area (Å²) in [6.07, 6.45) is 0. The van der Waals surface area contributed by atoms with E-state index in [1.54, 1.807) is 0 Å². The molecule has 0 aliphatic heterocycles. The van der Waals surface area contributed by atoms with Crippen LogP contribution in [0.5, 0.6) is 0 Å². The van der Waals surface area contributed by atoms with Gasteiger partial charge in [-0.05, 0) is 82.1 Å². The highest BCUT2D eigenvalue weighted by atomic mass is 32.1. The Morgan fingerprint density at radius 2 is 1.30 bits per heavy atom. The van der Waals surface area contributed by atoms with Gasteiger partial charge in [0.15, 0.2) is 0 Å². The number of rotatable bonds is 6. The standard InChI is InChI=1S/C40H34N2S2/c1-24(2)28-11-9-12-29(25(3)4)33(28)22-42-36-14-7-6-13-35(36)41-40(42)34-23-43-37-18-16-26(21-32(34)37)27-17-19-39-31(20-27)30-10-5-8-15-38(30)44-39/h5-21,23-25H,22H2,1-4H3. The van der Waals surface area contributed by atoms with Crippen LogP contribution in [0, 0.1) is 0 Å². The lowest BCUT2D eigenvalue weighted by Gasteiger charge is -2.21. The van der Waals surface area contributed by atoms with Crippen LogP contribution in [0.25, 0.3) is 63.8 Å². The summed E-state index contributed by atoms with van der Waals surface area (Å²) < 4.78 is 6.42. The first-order valence-electron chi connectivity index (χ1n) is 15.5. The van der Waals surface area contributed by atoms with Gasteiger partial charge in [0.2, 0.25) is 0 Å². The van der Waals surface area contributed by atoms with Crippen LogP contribution in [-0.4, -0.2) is 9.55 Å². The molecule has 0 atom stereocenters. The van der Waals surface area contributed by atoms with Gasteiger partial charge in [-0.25, -0.2) is 4.98 Å². The van der Waals surface area contributed by atoms with E-state index < -0.39 is 0 Å². The van der Waals surface area contributed by atoms with Crippen LogP contribution in [0.2, 0.25) is 0 Å². The Labute approximate surface area is 266 Å². The minimum absolute atomic E-state index is 0.448. The normalized spacial score (nSPS) is 12.1. The molecule has 8 aromatic rings. The fourth-order valence-electron chi connectivity index (χ4n) is 6.77. The molecule has 0 fully saturated rings. The molecule has 0 amide bonds. The third-order valence-electron chi connectivity index (χ3n) is 8.99. The van der Waals surface area contributed by atoms with Crippen LogP contribution in [0.15, 0.2) is 109 Å². The highest BCUT2D eigenvalue weighted by Gasteiger charge is 2.21. The molecule has 0 saturated carbocycles. The van der Waals surface area contributed by atoms with Crippen molar-refractivity contribution in [3.63, 3.8) is 0 Å². The minimum Gasteiger partial charge on any atom is -0.319 e. The van der Waals surface area contributed by atoms with Gasteiger partial charge in [0.25, 0.3) is 0 Å². The molecule has 0 aliphatic rings. The molecule has 8 rings (SSSR count). The molecule has 0 aliphatic carbocycles. The molecule has 44 heavy (non-hydrogen) atoms. The van der Waals surface area contributed by atoms with E-state index in [1.165, 1.54) is 69.2 Å². The second-order valence-electron chi connectivity index (χ2n) is 12.4. The first kappa shape index (κ1) is 27.3. The number of benzene rings is 5. The summed E-state index contributed by atoms with van der Waals surface area (Å²) in [5.41, 5.74) is 10.2. The molecule has 0 saturated heterocycles. The highest BCUT2D eigenvalue weighted by Crippen LogP contribution is 2.41. The molecule has 0 unspecified atom stereocenters. The second kappa shape index (κ2) is 10.7. The first-order valence-corrected chi connectivity index (χ1v) is 17.2. The van der Waals surface area contributed by atoms with Gasteiger partial charge >= 0.3 is 0 Å². The van der Waals surface area contributed by atoms with Gasteiger partial charge in [0.1, 0.15) is 5.82 Å². The van der Waals surface area contributed by atoms with Crippen molar-refractivity contribution in [2.24, 2.45) is 0 Å². The number of thiophene rings is 2. The molecule has 4 heteroatoms. The van der Waals surface area contributed by atoms with Crippen LogP contribution in [0.4, 0.5) is 0 Å². The van der Waals surface area contributed by atoms with E-state index in [0.717, 1.165) is 17.9 Å². The molecule has 5 aromatic carbocycles. The molecule has 0 spiro atoms. The van der Waals surface area contributed by atoms with Crippen LogP contribution in [0.1, 0.15) is 56.2 Å². The van der Waals surface area contributed by atoms with Gasteiger partial charge in [-0.3, -0.25) is 0 Å². The Morgan fingerprint density at radius 1 is 0.636 bits per heavy atom. The summed E-state index contributed by atoms with van der Waals surface area (Å²) >= 11 is 3.68. The third kappa shape index (κ3) is 4.47. The van der Waals surface area contributed by atoms with Gasteiger partial charge in [0, 0.05) is 41.2 Å². The van der Waals surface area contributed by atoms with E-state index in [4.69, 9.17) is 4.98 Å². The highest BCUT2D eigenvalue weighted by molar-refractivity contribution is 7.25. The summed E-state index contributed by atoms with van der Waals surface area (Å²) in [5.74, 6) is 1.94. The second-order valence-corrected chi connectivity index (χ2v) is 14.4. The molecule has 3 aromatic heterocycles. The molecule has 0 radical (unpaired) electrons. The summed E-state index contributed by atoms with van der Waals surface area (Å²) in [7, 11) is 0. The Balaban J connectivity index is 1.30. The fraction of sp³-hybridized carbons (Fsp3) is 0.175. The van der Waals surface area contributed by atoms with E-state index in [0.29, 0.717) is 11.8 Å². The largest absolute Gasteiger partial charge is 0.319 e. The summed E-state index contributed by atoms with van der Waals surface area (Å²) in [6, 6.07) is 38.0. The van der Waals surface area contributed by atoms with Crippen molar-refractivity contribution in [1.82, 2.24) is 9.55 Å². The van der Waals surface area contributed by atoms with Crippen molar-refractivity contribution in [3.05, 3.63) is 125 Å². The fourth-order valence-corrected chi connectivity index (χ4v) is 8.78. The molecule has 0 N–H and O–H groups in total. The lowest BCUT2D eigenvalue weighted by molar-refractivity contribution is 0.750. The maximum absolute atomic E-state index is 5.29. The first-order chi connectivity index (χ1) is 21.5. The Morgan fingerprint density at radius 3 is 2.07 bits per heavy atom. The van der Waals surface area contributed by atoms with Crippen LogP contribution in [-0.2, 0) is 6.54 Å². The number of nitrogens with zero attached hydrogens (tertiary/aromatic N) is 2. The summed E-state index contributed by atoms with van der Waals surface area (Å²) in [6.45, 7) is 10.0. The zero-order valence-electron chi connectivity index (χ0n) is 25.5. The number of imidazole rings is 1. The average Bonchev–Trinajstić information content (AvgIpc) is 3.73. The summed E-state index contributed by atoms with van der Waals surface area (Å²) in [5, 5.41) is 6.24. The monoisotopic (exact) mass is 606 g/mol. The predicted molar refractivity (Wildman–Crippen MR) is 193 cm³/mol. The van der Waals surface area contributed by atoms with Crippen molar-refractivity contribution < 1.29 is 0 Å². The number of hydrogen-bond donors (Lipinski definition) is 0. The smallest absolute Gasteiger partial charge is 0.142 e. The maximum Gasteiger partial charge on any atom is 0.142 e. The van der Waals surface area contributed by atoms with E-state index >= 15 is 0 Å². The number of aromatic nitrogens is 2. The minimum atomic E-state index is 0.448. The van der Waals surface area contributed by atoms with E-state index in [2.05, 4.69) is 141 Å². The van der Waals surface area contributed by atoms with Crippen molar-refractivity contribution in [1.29, 1.82) is 0 Å².